The number of rotatable bonds is 8. The minimum Gasteiger partial charge on any atom is -0.458 e. The molecule has 3 aromatic heterocycles. The number of carbonyl (C=O) groups is 1. The number of amides is 1. The molecule has 1 amide bonds. The first-order chi connectivity index (χ1) is 17.0. The molecule has 0 saturated heterocycles. The van der Waals surface area contributed by atoms with Crippen molar-refractivity contribution in [3.8, 4) is 17.6 Å². The maximum absolute atomic E-state index is 14.2. The number of benzene rings is 2. The van der Waals surface area contributed by atoms with E-state index < -0.39 is 12.0 Å². The summed E-state index contributed by atoms with van der Waals surface area (Å²) in [6.45, 7) is -0.0538. The Bertz CT molecular complexity index is 1460. The number of fused-ring (bicyclic) bond motifs is 1. The molecule has 0 saturated carbocycles. The van der Waals surface area contributed by atoms with Crippen LogP contribution in [0.1, 0.15) is 5.69 Å². The van der Waals surface area contributed by atoms with Crippen molar-refractivity contribution in [3.63, 3.8) is 0 Å². The second-order valence-corrected chi connectivity index (χ2v) is 7.27. The fourth-order valence-corrected chi connectivity index (χ4v) is 3.28. The second-order valence-electron chi connectivity index (χ2n) is 7.27. The van der Waals surface area contributed by atoms with E-state index in [9.17, 15) is 13.6 Å². The van der Waals surface area contributed by atoms with Gasteiger partial charge in [-0.2, -0.15) is 13.8 Å². The fourth-order valence-electron chi connectivity index (χ4n) is 3.28. The molecule has 0 aliphatic heterocycles. The highest BCUT2D eigenvalue weighted by atomic mass is 19.3. The quantitative estimate of drug-likeness (QED) is 0.348. The van der Waals surface area contributed by atoms with Gasteiger partial charge in [-0.3, -0.25) is 4.79 Å². The molecule has 0 unspecified atom stereocenters. The van der Waals surface area contributed by atoms with E-state index in [1.165, 1.54) is 36.6 Å². The molecule has 0 radical (unpaired) electrons. The lowest BCUT2D eigenvalue weighted by molar-refractivity contribution is -0.187. The molecule has 0 fully saturated rings. The Hall–Kier alpha value is -4.80. The number of para-hydroxylation sites is 3. The van der Waals surface area contributed by atoms with Crippen molar-refractivity contribution in [2.45, 2.75) is 12.7 Å². The summed E-state index contributed by atoms with van der Waals surface area (Å²) in [5, 5.41) is 6.02. The molecule has 11 heteroatoms. The number of imidazole rings is 1. The van der Waals surface area contributed by atoms with E-state index in [1.54, 1.807) is 28.8 Å². The van der Waals surface area contributed by atoms with Gasteiger partial charge in [0.05, 0.1) is 16.7 Å². The van der Waals surface area contributed by atoms with Crippen LogP contribution in [-0.2, 0) is 11.4 Å². The van der Waals surface area contributed by atoms with E-state index in [4.69, 9.17) is 9.26 Å². The monoisotopic (exact) mass is 477 g/mol. The van der Waals surface area contributed by atoms with Gasteiger partial charge in [0.1, 0.15) is 24.4 Å². The lowest BCUT2D eigenvalue weighted by Crippen LogP contribution is -2.40. The summed E-state index contributed by atoms with van der Waals surface area (Å²) in [5.74, 6) is -1.40. The third-order valence-electron chi connectivity index (χ3n) is 4.83. The molecule has 0 bridgehead atoms. The van der Waals surface area contributed by atoms with Gasteiger partial charge < -0.3 is 19.3 Å². The van der Waals surface area contributed by atoms with Crippen LogP contribution in [-0.4, -0.2) is 31.7 Å². The van der Waals surface area contributed by atoms with E-state index in [2.05, 4.69) is 25.2 Å². The summed E-state index contributed by atoms with van der Waals surface area (Å²) >= 11 is 0. The van der Waals surface area contributed by atoms with Crippen molar-refractivity contribution in [3.05, 3.63) is 90.8 Å². The van der Waals surface area contributed by atoms with Gasteiger partial charge >= 0.3 is 18.0 Å². The molecule has 0 spiro atoms. The van der Waals surface area contributed by atoms with E-state index in [1.807, 2.05) is 24.3 Å². The zero-order valence-electron chi connectivity index (χ0n) is 18.0. The Balaban J connectivity index is 1.30. The van der Waals surface area contributed by atoms with Gasteiger partial charge in [0.15, 0.2) is 5.82 Å². The summed E-state index contributed by atoms with van der Waals surface area (Å²) in [4.78, 5) is 20.8. The lowest BCUT2D eigenvalue weighted by atomic mass is 10.3. The predicted octanol–water partition coefficient (Wildman–Crippen LogP) is 4.60. The molecular formula is C24H17F2N5O4. The molecule has 5 rings (SSSR count). The largest absolute Gasteiger partial charge is 0.482 e. The van der Waals surface area contributed by atoms with Gasteiger partial charge in [-0.1, -0.05) is 41.6 Å². The average molecular weight is 477 g/mol. The average Bonchev–Trinajstić information content (AvgIpc) is 3.51. The molecule has 35 heavy (non-hydrogen) atoms. The zero-order chi connectivity index (χ0) is 24.3. The molecular weight excluding hydrogens is 460 g/mol. The molecule has 9 nitrogen and oxygen atoms in total. The smallest absolute Gasteiger partial charge is 0.458 e. The number of ether oxygens (including phenoxy) is 2. The topological polar surface area (TPSA) is 104 Å². The van der Waals surface area contributed by atoms with Crippen LogP contribution >= 0.6 is 0 Å². The first-order valence-electron chi connectivity index (χ1n) is 10.4. The highest BCUT2D eigenvalue weighted by Gasteiger charge is 2.42. The maximum Gasteiger partial charge on any atom is 0.482 e. The van der Waals surface area contributed by atoms with Gasteiger partial charge in [-0.15, -0.1) is 0 Å². The van der Waals surface area contributed by atoms with Crippen LogP contribution in [0.4, 0.5) is 14.6 Å². The predicted molar refractivity (Wildman–Crippen MR) is 120 cm³/mol. The van der Waals surface area contributed by atoms with Gasteiger partial charge in [-0.25, -0.2) is 9.55 Å². The normalized spacial score (nSPS) is 11.4. The molecule has 5 aromatic rings. The Morgan fingerprint density at radius 2 is 1.77 bits per heavy atom. The standard InChI is InChI=1S/C24H17F2N5O4/c25-24(26,35-17-8-2-1-3-9-17)22(32)29-20-12-6-7-16(27-20)15-33-23-28-18-10-4-5-11-19(18)31(23)21-13-14-34-30-21/h1-14H,15H2,(H,27,29,32). The van der Waals surface area contributed by atoms with Crippen molar-refractivity contribution < 1.29 is 27.6 Å². The highest BCUT2D eigenvalue weighted by Crippen LogP contribution is 2.26. The number of pyridine rings is 1. The minimum absolute atomic E-state index is 0.0538. The number of aromatic nitrogens is 4. The Morgan fingerprint density at radius 1 is 0.971 bits per heavy atom. The van der Waals surface area contributed by atoms with E-state index in [-0.39, 0.29) is 24.2 Å². The second kappa shape index (κ2) is 9.21. The SMILES string of the molecule is O=C(Nc1cccc(COc2nc3ccccc3n2-c2ccon2)n1)C(F)(F)Oc1ccccc1. The van der Waals surface area contributed by atoms with Crippen LogP contribution < -0.4 is 14.8 Å². The minimum atomic E-state index is -4.10. The van der Waals surface area contributed by atoms with Gasteiger partial charge in [0, 0.05) is 6.07 Å². The summed E-state index contributed by atoms with van der Waals surface area (Å²) < 4.78 is 45.5. The Labute approximate surface area is 196 Å². The number of nitrogens with zero attached hydrogens (tertiary/aromatic N) is 4. The van der Waals surface area contributed by atoms with Crippen molar-refractivity contribution >= 4 is 22.8 Å². The summed E-state index contributed by atoms with van der Waals surface area (Å²) in [7, 11) is 0. The van der Waals surface area contributed by atoms with Crippen LogP contribution in [0.25, 0.3) is 16.9 Å². The molecule has 0 aliphatic carbocycles. The number of anilines is 1. The summed E-state index contributed by atoms with van der Waals surface area (Å²) in [6, 6.07) is 21.2. The van der Waals surface area contributed by atoms with Crippen LogP contribution in [0.2, 0.25) is 0 Å². The molecule has 0 aliphatic rings. The Morgan fingerprint density at radius 3 is 2.57 bits per heavy atom. The van der Waals surface area contributed by atoms with Gasteiger partial charge in [-0.05, 0) is 36.4 Å². The number of alkyl halides is 2. The summed E-state index contributed by atoms with van der Waals surface area (Å²) in [6.07, 6.45) is -2.67. The number of hydrogen-bond acceptors (Lipinski definition) is 7. The molecule has 0 atom stereocenters. The first-order valence-corrected chi connectivity index (χ1v) is 10.4. The number of nitrogens with one attached hydrogen (secondary N) is 1. The third-order valence-corrected chi connectivity index (χ3v) is 4.83. The maximum atomic E-state index is 14.2. The van der Waals surface area contributed by atoms with Crippen LogP contribution in [0, 0.1) is 0 Å². The van der Waals surface area contributed by atoms with Crippen LogP contribution in [0.5, 0.6) is 11.8 Å². The van der Waals surface area contributed by atoms with Gasteiger partial charge in [0.25, 0.3) is 0 Å². The van der Waals surface area contributed by atoms with Crippen molar-refractivity contribution in [1.82, 2.24) is 19.7 Å². The number of halogens is 2. The third kappa shape index (κ3) is 4.78. The Kier molecular flexibility index (Phi) is 5.80. The van der Waals surface area contributed by atoms with Crippen molar-refractivity contribution in [2.24, 2.45) is 0 Å². The van der Waals surface area contributed by atoms with Gasteiger partial charge in [0.2, 0.25) is 0 Å². The van der Waals surface area contributed by atoms with E-state index >= 15 is 0 Å². The fraction of sp³-hybridized carbons (Fsp3) is 0.0833. The molecule has 2 aromatic carbocycles. The number of carbonyl (C=O) groups excluding carboxylic acids is 1. The van der Waals surface area contributed by atoms with E-state index in [0.29, 0.717) is 17.0 Å². The zero-order valence-corrected chi connectivity index (χ0v) is 18.0. The molecule has 176 valence electrons. The molecule has 3 heterocycles. The summed E-state index contributed by atoms with van der Waals surface area (Å²) in [5.41, 5.74) is 1.81. The van der Waals surface area contributed by atoms with Crippen LogP contribution in [0.15, 0.2) is 89.6 Å². The van der Waals surface area contributed by atoms with Crippen molar-refractivity contribution in [1.29, 1.82) is 0 Å². The lowest BCUT2D eigenvalue weighted by Gasteiger charge is -2.17. The van der Waals surface area contributed by atoms with Crippen LogP contribution in [0.3, 0.4) is 0 Å². The first kappa shape index (κ1) is 22.0. The highest BCUT2D eigenvalue weighted by molar-refractivity contribution is 5.94. The van der Waals surface area contributed by atoms with Crippen molar-refractivity contribution in [2.75, 3.05) is 5.32 Å². The van der Waals surface area contributed by atoms with E-state index in [0.717, 1.165) is 5.52 Å². The molecule has 1 N–H and O–H groups in total. The number of hydrogen-bond donors (Lipinski definition) is 1.